The molecule has 2 fully saturated rings. The van der Waals surface area contributed by atoms with Crippen molar-refractivity contribution in [2.24, 2.45) is 5.73 Å². The van der Waals surface area contributed by atoms with Gasteiger partial charge in [-0.15, -0.1) is 0 Å². The molecule has 0 radical (unpaired) electrons. The molecule has 3 unspecified atom stereocenters. The molecule has 0 saturated carbocycles. The predicted octanol–water partition coefficient (Wildman–Crippen LogP) is -0.0584. The average molecular weight is 309 g/mol. The first-order chi connectivity index (χ1) is 9.61. The molecule has 2 saturated heterocycles. The highest BCUT2D eigenvalue weighted by Gasteiger charge is 2.44. The van der Waals surface area contributed by atoms with Crippen LogP contribution < -0.4 is 5.73 Å². The van der Waals surface area contributed by atoms with Crippen LogP contribution in [0.4, 0.5) is 0 Å². The summed E-state index contributed by atoms with van der Waals surface area (Å²) in [6.45, 7) is 5.24. The Morgan fingerprint density at radius 2 is 1.45 bits per heavy atom. The molecule has 0 aromatic carbocycles. The summed E-state index contributed by atoms with van der Waals surface area (Å²) >= 11 is 0. The Labute approximate surface area is 122 Å². The second-order valence-corrected chi connectivity index (χ2v) is 7.85. The van der Waals surface area contributed by atoms with Gasteiger partial charge in [0.2, 0.25) is 0 Å². The third kappa shape index (κ3) is 6.14. The minimum Gasteiger partial charge on any atom is -0.376 e. The van der Waals surface area contributed by atoms with E-state index in [1.54, 1.807) is 21.3 Å². The van der Waals surface area contributed by atoms with Gasteiger partial charge in [0.05, 0.1) is 32.1 Å². The average Bonchev–Trinajstić information content (AvgIpc) is 3.36. The smallest absolute Gasteiger partial charge is 0.376 e. The van der Waals surface area contributed by atoms with Crippen LogP contribution in [0.25, 0.3) is 0 Å². The van der Waals surface area contributed by atoms with Gasteiger partial charge in [0.1, 0.15) is 12.2 Å². The molecule has 7 nitrogen and oxygen atoms in total. The third-order valence-corrected chi connectivity index (χ3v) is 6.18. The standard InChI is InChI=1S/C6H17NO3Si.C6H10O3/c1-5-6(7)11(8-2,9-3)10-4;1(5-3-8-5)7-2-6-4-9-6/h6H,5,7H2,1-4H3;5-6H,1-4H2. The van der Waals surface area contributed by atoms with Crippen LogP contribution in [0, 0.1) is 0 Å². The largest absolute Gasteiger partial charge is 0.517 e. The second kappa shape index (κ2) is 9.06. The van der Waals surface area contributed by atoms with E-state index in [0.717, 1.165) is 32.8 Å². The molecular weight excluding hydrogens is 282 g/mol. The third-order valence-electron chi connectivity index (χ3n) is 3.16. The molecule has 120 valence electrons. The number of epoxide rings is 2. The molecule has 2 aliphatic heterocycles. The summed E-state index contributed by atoms with van der Waals surface area (Å²) in [5, 5.41) is 0. The molecule has 0 aromatic rings. The van der Waals surface area contributed by atoms with Gasteiger partial charge in [-0.2, -0.15) is 0 Å². The van der Waals surface area contributed by atoms with Gasteiger partial charge < -0.3 is 33.2 Å². The summed E-state index contributed by atoms with van der Waals surface area (Å²) in [6, 6.07) is 0. The molecule has 2 rings (SSSR count). The van der Waals surface area contributed by atoms with E-state index in [4.69, 9.17) is 33.2 Å². The van der Waals surface area contributed by atoms with E-state index >= 15 is 0 Å². The van der Waals surface area contributed by atoms with E-state index < -0.39 is 8.80 Å². The fraction of sp³-hybridized carbons (Fsp3) is 1.00. The molecule has 0 aliphatic carbocycles. The van der Waals surface area contributed by atoms with E-state index in [9.17, 15) is 0 Å². The van der Waals surface area contributed by atoms with Crippen molar-refractivity contribution in [3.8, 4) is 0 Å². The molecule has 2 heterocycles. The Morgan fingerprint density at radius 1 is 1.05 bits per heavy atom. The maximum atomic E-state index is 5.77. The minimum atomic E-state index is -2.54. The highest BCUT2D eigenvalue weighted by Crippen LogP contribution is 2.12. The first-order valence-corrected chi connectivity index (χ1v) is 8.64. The minimum absolute atomic E-state index is 0.137. The van der Waals surface area contributed by atoms with Crippen molar-refractivity contribution in [3.63, 3.8) is 0 Å². The van der Waals surface area contributed by atoms with Crippen molar-refractivity contribution in [2.75, 3.05) is 47.8 Å². The molecule has 2 N–H and O–H groups in total. The fourth-order valence-electron chi connectivity index (χ4n) is 1.61. The van der Waals surface area contributed by atoms with Crippen LogP contribution >= 0.6 is 0 Å². The SMILES string of the molecule is C(OCC1CO1)C1CO1.CCC(N)[Si](OC)(OC)OC. The summed E-state index contributed by atoms with van der Waals surface area (Å²) in [5.41, 5.74) is 5.63. The number of hydrogen-bond donors (Lipinski definition) is 1. The molecular formula is C12H27NO6Si. The first-order valence-electron chi connectivity index (χ1n) is 6.83. The van der Waals surface area contributed by atoms with Gasteiger partial charge in [0, 0.05) is 21.3 Å². The Balaban J connectivity index is 0.000000202. The zero-order chi connectivity index (χ0) is 15.0. The van der Waals surface area contributed by atoms with Crippen LogP contribution in [0.5, 0.6) is 0 Å². The maximum Gasteiger partial charge on any atom is 0.517 e. The summed E-state index contributed by atoms with van der Waals surface area (Å²) in [5.74, 6) is 0. The van der Waals surface area contributed by atoms with Gasteiger partial charge >= 0.3 is 8.80 Å². The molecule has 3 atom stereocenters. The van der Waals surface area contributed by atoms with Crippen molar-refractivity contribution in [1.82, 2.24) is 0 Å². The predicted molar refractivity (Wildman–Crippen MR) is 75.3 cm³/mol. The van der Waals surface area contributed by atoms with E-state index in [1.165, 1.54) is 0 Å². The van der Waals surface area contributed by atoms with Crippen molar-refractivity contribution in [1.29, 1.82) is 0 Å². The van der Waals surface area contributed by atoms with Gasteiger partial charge in [0.25, 0.3) is 0 Å². The van der Waals surface area contributed by atoms with Gasteiger partial charge in [-0.1, -0.05) is 6.92 Å². The molecule has 0 aromatic heterocycles. The monoisotopic (exact) mass is 309 g/mol. The Morgan fingerprint density at radius 3 is 1.65 bits per heavy atom. The number of nitrogens with two attached hydrogens (primary N) is 1. The lowest BCUT2D eigenvalue weighted by Gasteiger charge is -2.28. The Hall–Kier alpha value is -0.0631. The van der Waals surface area contributed by atoms with Crippen molar-refractivity contribution in [2.45, 2.75) is 31.2 Å². The normalized spacial score (nSPS) is 25.6. The van der Waals surface area contributed by atoms with Gasteiger partial charge in [-0.05, 0) is 6.42 Å². The van der Waals surface area contributed by atoms with Gasteiger partial charge in [-0.3, -0.25) is 0 Å². The van der Waals surface area contributed by atoms with Crippen molar-refractivity contribution >= 4 is 8.80 Å². The quantitative estimate of drug-likeness (QED) is 0.471. The highest BCUT2D eigenvalue weighted by molar-refractivity contribution is 6.62. The summed E-state index contributed by atoms with van der Waals surface area (Å²) < 4.78 is 30.6. The number of ether oxygens (including phenoxy) is 3. The van der Waals surface area contributed by atoms with Crippen molar-refractivity contribution < 1.29 is 27.5 Å². The highest BCUT2D eigenvalue weighted by atomic mass is 28.4. The van der Waals surface area contributed by atoms with Crippen LogP contribution in [0.1, 0.15) is 13.3 Å². The molecule has 8 heteroatoms. The molecule has 2 aliphatic rings. The summed E-state index contributed by atoms with van der Waals surface area (Å²) in [6.07, 6.45) is 1.58. The van der Waals surface area contributed by atoms with Crippen molar-refractivity contribution in [3.05, 3.63) is 0 Å². The zero-order valence-electron chi connectivity index (χ0n) is 12.8. The van der Waals surface area contributed by atoms with Crippen LogP contribution in [0.3, 0.4) is 0 Å². The lowest BCUT2D eigenvalue weighted by molar-refractivity contribution is 0.102. The second-order valence-electron chi connectivity index (χ2n) is 4.68. The topological polar surface area (TPSA) is 88.0 Å². The van der Waals surface area contributed by atoms with Crippen LogP contribution in [0.15, 0.2) is 0 Å². The van der Waals surface area contributed by atoms with E-state index in [0.29, 0.717) is 12.2 Å². The van der Waals surface area contributed by atoms with E-state index in [2.05, 4.69) is 0 Å². The molecule has 0 amide bonds. The molecule has 20 heavy (non-hydrogen) atoms. The first kappa shape index (κ1) is 18.0. The molecule has 0 bridgehead atoms. The maximum absolute atomic E-state index is 5.77. The number of rotatable bonds is 9. The summed E-state index contributed by atoms with van der Waals surface area (Å²) in [4.78, 5) is 0. The van der Waals surface area contributed by atoms with E-state index in [-0.39, 0.29) is 5.67 Å². The fourth-order valence-corrected chi connectivity index (χ4v) is 3.52. The lowest BCUT2D eigenvalue weighted by Crippen LogP contribution is -2.58. The van der Waals surface area contributed by atoms with E-state index in [1.807, 2.05) is 6.92 Å². The van der Waals surface area contributed by atoms with Crippen LogP contribution in [-0.4, -0.2) is 74.4 Å². The summed E-state index contributed by atoms with van der Waals surface area (Å²) in [7, 11) is 2.15. The Bertz CT molecular complexity index is 238. The molecule has 0 spiro atoms. The lowest BCUT2D eigenvalue weighted by atomic mass is 10.5. The zero-order valence-corrected chi connectivity index (χ0v) is 13.8. The van der Waals surface area contributed by atoms with Crippen LogP contribution in [-0.2, 0) is 27.5 Å². The van der Waals surface area contributed by atoms with Gasteiger partial charge in [0.15, 0.2) is 0 Å². The van der Waals surface area contributed by atoms with Crippen LogP contribution in [0.2, 0.25) is 0 Å². The number of hydrogen-bond acceptors (Lipinski definition) is 7. The van der Waals surface area contributed by atoms with Gasteiger partial charge in [-0.25, -0.2) is 0 Å². The Kier molecular flexibility index (Phi) is 8.15.